The van der Waals surface area contributed by atoms with Crippen molar-refractivity contribution >= 4 is 170 Å². The first kappa shape index (κ1) is 128. The number of carboxylic acids is 3. The summed E-state index contributed by atoms with van der Waals surface area (Å²) in [4.78, 5) is 172. The second kappa shape index (κ2) is 61.6. The summed E-state index contributed by atoms with van der Waals surface area (Å²) < 4.78 is 30.6. The van der Waals surface area contributed by atoms with Gasteiger partial charge in [-0.25, -0.2) is 38.6 Å². The average molecular weight is 2130 g/mol. The fourth-order valence-electron chi connectivity index (χ4n) is 14.4. The van der Waals surface area contributed by atoms with Gasteiger partial charge in [0.05, 0.1) is 58.0 Å². The van der Waals surface area contributed by atoms with Gasteiger partial charge in [0, 0.05) is 66.1 Å². The number of esters is 3. The number of halogens is 3. The minimum atomic E-state index is -1.11. The Labute approximate surface area is 878 Å². The van der Waals surface area contributed by atoms with Crippen LogP contribution in [0.2, 0.25) is 8.67 Å². The number of carboxylic acid groups (broad SMARTS) is 3. The van der Waals surface area contributed by atoms with Crippen LogP contribution >= 0.6 is 81.0 Å². The number of ether oxygens (including phenoxy) is 6. The summed E-state index contributed by atoms with van der Waals surface area (Å²) in [7, 11) is 4.03. The van der Waals surface area contributed by atoms with Crippen LogP contribution in [0.4, 0.5) is 14.4 Å². The zero-order valence-electron chi connectivity index (χ0n) is 83.9. The number of methoxy groups -OCH3 is 3. The zero-order valence-corrected chi connectivity index (χ0v) is 89.5. The van der Waals surface area contributed by atoms with E-state index in [-0.39, 0.29) is 75.2 Å². The van der Waals surface area contributed by atoms with Gasteiger partial charge in [-0.2, -0.15) is 0 Å². The molecular weight excluding hydrogens is 1990 g/mol. The van der Waals surface area contributed by atoms with Crippen molar-refractivity contribution in [3.8, 4) is 0 Å². The molecule has 2 aliphatic carbocycles. The van der Waals surface area contributed by atoms with Crippen LogP contribution in [0.5, 0.6) is 0 Å². The fraction of sp³-hybridized carbons (Fsp3) is 0.476. The molecule has 32 nitrogen and oxygen atoms in total. The molecule has 1 aliphatic heterocycles. The van der Waals surface area contributed by atoms with Gasteiger partial charge in [0.1, 0.15) is 46.0 Å². The SMILES string of the molecule is C.C.CC(=O)O.CC(C)(C)C1CCC(=O)CC1.CC(C)(C)C1CCC2(CC1)N=C(c1ccc(Cl)s1)C(=O)N2CCc1ccc(C(=O)NCCC(=O)O)cc1.CC(C)(C)OC(=O)NC(C(=O)O)c1cccs1.COC(=O)c1ccc(CCN)cc1.COC(=O)c1ccc(CCNC(=O)C(NC(=O)OC(C)(C)C)c2ccc(Cl)s2)cc1.COC(=O)c1ccc(CCNC(=O)C(NC(=O)OC(C)(C)C)c2cccs2)cc1.Cl. The maximum Gasteiger partial charge on any atom is 0.408 e. The zero-order chi connectivity index (χ0) is 105. The lowest BCUT2D eigenvalue weighted by Crippen LogP contribution is -2.50. The molecule has 4 aromatic heterocycles. The number of nitrogens with one attached hydrogen (secondary N) is 6. The van der Waals surface area contributed by atoms with Gasteiger partial charge in [-0.3, -0.25) is 33.6 Å². The number of nitrogens with zero attached hydrogens (tertiary/aromatic N) is 2. The van der Waals surface area contributed by atoms with Gasteiger partial charge in [0.2, 0.25) is 11.8 Å². The van der Waals surface area contributed by atoms with Crippen LogP contribution in [0.1, 0.15) is 285 Å². The van der Waals surface area contributed by atoms with E-state index in [9.17, 15) is 62.3 Å². The van der Waals surface area contributed by atoms with Crippen molar-refractivity contribution in [2.24, 2.45) is 33.4 Å². The molecule has 3 atom stereocenters. The van der Waals surface area contributed by atoms with Gasteiger partial charge in [0.15, 0.2) is 6.04 Å². The molecule has 0 bridgehead atoms. The number of thiophene rings is 4. The average Bonchev–Trinajstić information content (AvgIpc) is 1.59. The molecule has 39 heteroatoms. The number of carbonyl (C=O) groups excluding carboxylic acids is 11. The van der Waals surface area contributed by atoms with Gasteiger partial charge in [-0.15, -0.1) is 57.8 Å². The number of hydrogen-bond donors (Lipinski definition) is 10. The predicted octanol–water partition coefficient (Wildman–Crippen LogP) is 20.9. The maximum absolute atomic E-state index is 13.6. The van der Waals surface area contributed by atoms with Crippen molar-refractivity contribution < 1.29 is 111 Å². The van der Waals surface area contributed by atoms with E-state index in [0.717, 1.165) is 103 Å². The normalized spacial score (nSPS) is 14.8. The predicted molar refractivity (Wildman–Crippen MR) is 568 cm³/mol. The Kier molecular flexibility index (Phi) is 54.9. The van der Waals surface area contributed by atoms with Crippen molar-refractivity contribution in [1.82, 2.24) is 36.8 Å². The molecule has 144 heavy (non-hydrogen) atoms. The number of rotatable bonds is 28. The van der Waals surface area contributed by atoms with E-state index in [4.69, 9.17) is 68.3 Å². The number of hydrogen-bond acceptors (Lipinski definition) is 26. The van der Waals surface area contributed by atoms with E-state index in [2.05, 4.69) is 87.7 Å². The number of carbonyl (C=O) groups is 14. The number of aliphatic carboxylic acids is 3. The van der Waals surface area contributed by atoms with Crippen molar-refractivity contribution in [2.75, 3.05) is 54.1 Å². The molecular formula is C105H144Cl3N9O23S4. The Morgan fingerprint density at radius 2 is 0.833 bits per heavy atom. The molecule has 11 N–H and O–H groups in total. The highest BCUT2D eigenvalue weighted by atomic mass is 35.5. The van der Waals surface area contributed by atoms with Crippen LogP contribution in [0.3, 0.4) is 0 Å². The summed E-state index contributed by atoms with van der Waals surface area (Å²) in [6.45, 7) is 32.4. The number of amides is 7. The number of alkyl carbamates (subject to hydrolysis) is 3. The molecule has 0 saturated heterocycles. The second-order valence-electron chi connectivity index (χ2n) is 38.1. The van der Waals surface area contributed by atoms with Crippen molar-refractivity contribution in [2.45, 2.75) is 250 Å². The minimum Gasteiger partial charge on any atom is -0.481 e. The summed E-state index contributed by atoms with van der Waals surface area (Å²) in [6.07, 6.45) is 8.04. The Hall–Kier alpha value is -11.6. The number of Topliss-reactive ketones (excluding diaryl/α,β-unsaturated/α-hetero) is 1. The Morgan fingerprint density at radius 3 is 1.17 bits per heavy atom. The summed E-state index contributed by atoms with van der Waals surface area (Å²) >= 11 is 17.4. The molecule has 3 aliphatic rings. The molecule has 1 spiro atoms. The highest BCUT2D eigenvalue weighted by molar-refractivity contribution is 7.19. The summed E-state index contributed by atoms with van der Waals surface area (Å²) in [5.41, 5.74) is 10.1. The van der Waals surface area contributed by atoms with Crippen molar-refractivity contribution in [1.29, 1.82) is 0 Å². The molecule has 7 amide bonds. The summed E-state index contributed by atoms with van der Waals surface area (Å²) in [5.74, 6) is -3.20. The Morgan fingerprint density at radius 1 is 0.472 bits per heavy atom. The number of aliphatic imine (C=N–C) groups is 1. The molecule has 8 aromatic rings. The van der Waals surface area contributed by atoms with Crippen LogP contribution < -0.4 is 37.6 Å². The monoisotopic (exact) mass is 2130 g/mol. The number of ketones is 1. The smallest absolute Gasteiger partial charge is 0.408 e. The summed E-state index contributed by atoms with van der Waals surface area (Å²) in [6, 6.07) is 39.7. The quantitative estimate of drug-likeness (QED) is 0.0161. The first-order valence-electron chi connectivity index (χ1n) is 45.9. The molecule has 792 valence electrons. The van der Waals surface area contributed by atoms with Gasteiger partial charge >= 0.3 is 48.1 Å². The van der Waals surface area contributed by atoms with E-state index in [0.29, 0.717) is 109 Å². The molecule has 5 heterocycles. The van der Waals surface area contributed by atoms with Gasteiger partial charge < -0.3 is 86.3 Å². The summed E-state index contributed by atoms with van der Waals surface area (Å²) in [5, 5.41) is 44.6. The van der Waals surface area contributed by atoms with Gasteiger partial charge in [-0.1, -0.05) is 140 Å². The van der Waals surface area contributed by atoms with E-state index in [1.807, 2.05) is 64.9 Å². The molecule has 11 rings (SSSR count). The molecule has 2 saturated carbocycles. The van der Waals surface area contributed by atoms with Crippen LogP contribution in [0.25, 0.3) is 0 Å². The first-order valence-corrected chi connectivity index (χ1v) is 50.0. The maximum atomic E-state index is 13.6. The minimum absolute atomic E-state index is 0. The lowest BCUT2D eigenvalue weighted by atomic mass is 9.69. The lowest BCUT2D eigenvalue weighted by Gasteiger charge is -2.45. The number of nitrogens with two attached hydrogens (primary N) is 1. The highest BCUT2D eigenvalue weighted by Crippen LogP contribution is 2.47. The third-order valence-electron chi connectivity index (χ3n) is 21.6. The largest absolute Gasteiger partial charge is 0.481 e. The van der Waals surface area contributed by atoms with E-state index >= 15 is 0 Å². The molecule has 0 radical (unpaired) electrons. The van der Waals surface area contributed by atoms with Crippen LogP contribution in [-0.2, 0) is 87.7 Å². The standard InChI is InChI=1S/C28H34ClN3O4S.C21H25ClN2O5S.C21H26N2O5S.C11H15NO4S.C10H13NO2.C10H18O.C2H4O2.2CH4.ClH/c1-27(2,3)20-10-14-28(15-11-20)31-24(21-8-9-22(29)37-21)26(36)32(28)17-13-18-4-6-19(7-5-18)25(35)30-16-12-23(33)34;1-21(2,3)29-20(27)24-17(15-9-10-16(22)30-15)18(25)23-12-11-13-5-7-14(8-6-13)19(26)28-4;1-21(2,3)28-20(26)23-17(16-6-5-13-29-16)18(24)22-12-11-14-7-9-15(10-8-14)19(25)27-4;1-11(2,3)16-10(15)12-8(9(13)14)7-5-4-6-17-7;1-13-10(12)9-4-2-8(3-5-9)6-7-11;1-10(2,3)8-4-6-9(11)7-5-8;1-2(3)4;;;/h4-9,20H,10-17H2,1-3H3,(H,30,35)(H,33,34);5-10,17H,11-12H2,1-4H3,(H,23,25)(H,24,27);5-10,13,17H,11-12H2,1-4H3,(H,22,24)(H,23,26);4-6,8H,1-3H3,(H,12,15)(H,13,14);2-5H,6-7,11H2,1H3;8H,4-7H2,1-3H3;1H3,(H,3,4);2*1H4;1H. The lowest BCUT2D eigenvalue weighted by molar-refractivity contribution is -0.140. The van der Waals surface area contributed by atoms with E-state index in [1.165, 1.54) is 66.7 Å². The fourth-order valence-corrected chi connectivity index (χ4v) is 18.1. The van der Waals surface area contributed by atoms with Crippen LogP contribution in [0, 0.1) is 22.7 Å². The molecule has 4 aromatic carbocycles. The Bertz CT molecular complexity index is 5430. The third kappa shape index (κ3) is 46.6. The van der Waals surface area contributed by atoms with Crippen LogP contribution in [0.15, 0.2) is 161 Å². The Balaban J connectivity index is 0.000000601. The van der Waals surface area contributed by atoms with Gasteiger partial charge in [0.25, 0.3) is 17.8 Å². The third-order valence-corrected chi connectivity index (χ3v) is 26.0. The second-order valence-corrected chi connectivity index (χ2v) is 43.5. The molecule has 3 unspecified atom stereocenters. The van der Waals surface area contributed by atoms with Crippen LogP contribution in [-0.4, -0.2) is 186 Å². The van der Waals surface area contributed by atoms with Crippen molar-refractivity contribution in [3.05, 3.63) is 229 Å². The number of benzene rings is 4. The van der Waals surface area contributed by atoms with Gasteiger partial charge in [-0.05, 0) is 274 Å². The van der Waals surface area contributed by atoms with E-state index < -0.39 is 88.7 Å². The van der Waals surface area contributed by atoms with E-state index in [1.54, 1.807) is 159 Å². The first-order chi connectivity index (χ1) is 66.1. The molecule has 2 fully saturated rings. The van der Waals surface area contributed by atoms with Crippen molar-refractivity contribution in [3.63, 3.8) is 0 Å². The highest BCUT2D eigenvalue weighted by Gasteiger charge is 2.50. The topological polar surface area (TPSA) is 469 Å².